The van der Waals surface area contributed by atoms with Crippen molar-refractivity contribution in [2.24, 2.45) is 5.73 Å². The Balaban J connectivity index is 1.73. The summed E-state index contributed by atoms with van der Waals surface area (Å²) in [6.45, 7) is 5.88. The monoisotopic (exact) mass is 211 g/mol. The van der Waals surface area contributed by atoms with Gasteiger partial charge in [0.15, 0.2) is 0 Å². The lowest BCUT2D eigenvalue weighted by Gasteiger charge is -2.48. The van der Waals surface area contributed by atoms with Crippen molar-refractivity contribution in [2.75, 3.05) is 39.8 Å². The average Bonchev–Trinajstić information content (AvgIpc) is 2.66. The van der Waals surface area contributed by atoms with Gasteiger partial charge in [-0.15, -0.1) is 0 Å². The van der Waals surface area contributed by atoms with Gasteiger partial charge in [0.2, 0.25) is 0 Å². The quantitative estimate of drug-likeness (QED) is 0.733. The third-order valence-electron chi connectivity index (χ3n) is 4.42. The SMILES string of the molecule is CN(CCN1CCCC1)C1(CN)CCC1. The smallest absolute Gasteiger partial charge is 0.0329 e. The Hall–Kier alpha value is -0.120. The zero-order valence-electron chi connectivity index (χ0n) is 10.0. The van der Waals surface area contributed by atoms with Gasteiger partial charge in [-0.2, -0.15) is 0 Å². The molecule has 3 nitrogen and oxygen atoms in total. The Labute approximate surface area is 93.6 Å². The molecule has 1 saturated heterocycles. The Morgan fingerprint density at radius 2 is 1.87 bits per heavy atom. The number of likely N-dealkylation sites (N-methyl/N-ethyl adjacent to an activating group) is 1. The van der Waals surface area contributed by atoms with Crippen molar-refractivity contribution in [3.8, 4) is 0 Å². The first kappa shape index (κ1) is 11.4. The minimum Gasteiger partial charge on any atom is -0.329 e. The summed E-state index contributed by atoms with van der Waals surface area (Å²) in [6, 6.07) is 0. The van der Waals surface area contributed by atoms with Crippen LogP contribution in [0.5, 0.6) is 0 Å². The zero-order valence-corrected chi connectivity index (χ0v) is 10.0. The van der Waals surface area contributed by atoms with Crippen molar-refractivity contribution in [1.29, 1.82) is 0 Å². The minimum atomic E-state index is 0.361. The second kappa shape index (κ2) is 4.81. The van der Waals surface area contributed by atoms with E-state index in [4.69, 9.17) is 5.73 Å². The van der Waals surface area contributed by atoms with E-state index < -0.39 is 0 Å². The number of likely N-dealkylation sites (tertiary alicyclic amines) is 1. The molecule has 0 bridgehead atoms. The van der Waals surface area contributed by atoms with Gasteiger partial charge >= 0.3 is 0 Å². The van der Waals surface area contributed by atoms with Gasteiger partial charge in [0.05, 0.1) is 0 Å². The highest BCUT2D eigenvalue weighted by atomic mass is 15.2. The fourth-order valence-electron chi connectivity index (χ4n) is 2.86. The molecule has 1 aliphatic heterocycles. The molecule has 2 aliphatic rings. The number of hydrogen-bond acceptors (Lipinski definition) is 3. The zero-order chi connectivity index (χ0) is 10.7. The second-order valence-corrected chi connectivity index (χ2v) is 5.25. The fourth-order valence-corrected chi connectivity index (χ4v) is 2.86. The molecular formula is C12H25N3. The largest absolute Gasteiger partial charge is 0.329 e. The summed E-state index contributed by atoms with van der Waals surface area (Å²) in [5, 5.41) is 0. The van der Waals surface area contributed by atoms with Crippen LogP contribution in [0.4, 0.5) is 0 Å². The van der Waals surface area contributed by atoms with E-state index in [9.17, 15) is 0 Å². The molecule has 0 aromatic carbocycles. The first-order valence-electron chi connectivity index (χ1n) is 6.40. The maximum Gasteiger partial charge on any atom is 0.0329 e. The number of nitrogens with zero attached hydrogens (tertiary/aromatic N) is 2. The predicted molar refractivity (Wildman–Crippen MR) is 63.9 cm³/mol. The van der Waals surface area contributed by atoms with Crippen LogP contribution >= 0.6 is 0 Å². The van der Waals surface area contributed by atoms with Crippen molar-refractivity contribution < 1.29 is 0 Å². The maximum atomic E-state index is 5.90. The lowest BCUT2D eigenvalue weighted by Crippen LogP contribution is -2.58. The van der Waals surface area contributed by atoms with E-state index in [2.05, 4.69) is 16.8 Å². The van der Waals surface area contributed by atoms with Crippen molar-refractivity contribution in [3.05, 3.63) is 0 Å². The Kier molecular flexibility index (Phi) is 3.65. The summed E-state index contributed by atoms with van der Waals surface area (Å²) in [6.07, 6.45) is 6.77. The summed E-state index contributed by atoms with van der Waals surface area (Å²) < 4.78 is 0. The molecule has 0 aromatic heterocycles. The Morgan fingerprint density at radius 3 is 2.33 bits per heavy atom. The first-order valence-corrected chi connectivity index (χ1v) is 6.40. The molecule has 2 N–H and O–H groups in total. The Bertz CT molecular complexity index is 190. The van der Waals surface area contributed by atoms with Gasteiger partial charge in [-0.3, -0.25) is 4.90 Å². The topological polar surface area (TPSA) is 32.5 Å². The average molecular weight is 211 g/mol. The highest BCUT2D eigenvalue weighted by Gasteiger charge is 2.39. The van der Waals surface area contributed by atoms with Gasteiger partial charge in [0.25, 0.3) is 0 Å². The van der Waals surface area contributed by atoms with Crippen molar-refractivity contribution in [3.63, 3.8) is 0 Å². The normalized spacial score (nSPS) is 25.8. The standard InChI is InChI=1S/C12H25N3/c1-14(12(11-13)5-4-6-12)9-10-15-7-2-3-8-15/h2-11,13H2,1H3. The number of rotatable bonds is 5. The number of hydrogen-bond donors (Lipinski definition) is 1. The van der Waals surface area contributed by atoms with Crippen LogP contribution in [0.1, 0.15) is 32.1 Å². The van der Waals surface area contributed by atoms with Crippen LogP contribution in [0.15, 0.2) is 0 Å². The van der Waals surface area contributed by atoms with Crippen LogP contribution in [0, 0.1) is 0 Å². The van der Waals surface area contributed by atoms with E-state index in [1.165, 1.54) is 58.3 Å². The number of nitrogens with two attached hydrogens (primary N) is 1. The molecule has 15 heavy (non-hydrogen) atoms. The second-order valence-electron chi connectivity index (χ2n) is 5.25. The van der Waals surface area contributed by atoms with Crippen LogP contribution in [0.25, 0.3) is 0 Å². The summed E-state index contributed by atoms with van der Waals surface area (Å²) in [5.74, 6) is 0. The van der Waals surface area contributed by atoms with E-state index in [1.54, 1.807) is 0 Å². The van der Waals surface area contributed by atoms with Crippen molar-refractivity contribution in [1.82, 2.24) is 9.80 Å². The molecule has 3 heteroatoms. The molecular weight excluding hydrogens is 186 g/mol. The molecule has 0 radical (unpaired) electrons. The van der Waals surface area contributed by atoms with Crippen LogP contribution < -0.4 is 5.73 Å². The van der Waals surface area contributed by atoms with E-state index in [0.717, 1.165) is 6.54 Å². The van der Waals surface area contributed by atoms with Crippen LogP contribution in [0.2, 0.25) is 0 Å². The molecule has 1 aliphatic carbocycles. The minimum absolute atomic E-state index is 0.361. The lowest BCUT2D eigenvalue weighted by atomic mass is 9.75. The van der Waals surface area contributed by atoms with Gasteiger partial charge < -0.3 is 10.6 Å². The maximum absolute atomic E-state index is 5.90. The van der Waals surface area contributed by atoms with E-state index >= 15 is 0 Å². The van der Waals surface area contributed by atoms with Crippen molar-refractivity contribution >= 4 is 0 Å². The lowest BCUT2D eigenvalue weighted by molar-refractivity contribution is 0.0400. The third kappa shape index (κ3) is 2.35. The highest BCUT2D eigenvalue weighted by Crippen LogP contribution is 2.35. The first-order chi connectivity index (χ1) is 7.27. The molecule has 0 amide bonds. The molecule has 0 aromatic rings. The molecule has 0 unspecified atom stereocenters. The molecule has 1 heterocycles. The summed E-state index contributed by atoms with van der Waals surface area (Å²) in [4.78, 5) is 5.09. The highest BCUT2D eigenvalue weighted by molar-refractivity contribution is 4.97. The van der Waals surface area contributed by atoms with Gasteiger partial charge in [-0.25, -0.2) is 0 Å². The van der Waals surface area contributed by atoms with Gasteiger partial charge in [0.1, 0.15) is 0 Å². The molecule has 2 fully saturated rings. The van der Waals surface area contributed by atoms with Crippen LogP contribution in [0.3, 0.4) is 0 Å². The van der Waals surface area contributed by atoms with E-state index in [1.807, 2.05) is 0 Å². The van der Waals surface area contributed by atoms with E-state index in [0.29, 0.717) is 5.54 Å². The van der Waals surface area contributed by atoms with E-state index in [-0.39, 0.29) is 0 Å². The molecule has 0 atom stereocenters. The molecule has 2 rings (SSSR count). The van der Waals surface area contributed by atoms with Crippen LogP contribution in [-0.2, 0) is 0 Å². The van der Waals surface area contributed by atoms with Gasteiger partial charge in [-0.1, -0.05) is 0 Å². The molecule has 88 valence electrons. The molecule has 0 spiro atoms. The van der Waals surface area contributed by atoms with Gasteiger partial charge in [0, 0.05) is 25.2 Å². The summed E-state index contributed by atoms with van der Waals surface area (Å²) in [5.41, 5.74) is 6.26. The summed E-state index contributed by atoms with van der Waals surface area (Å²) >= 11 is 0. The van der Waals surface area contributed by atoms with Crippen LogP contribution in [-0.4, -0.2) is 55.1 Å². The third-order valence-corrected chi connectivity index (χ3v) is 4.42. The molecule has 1 saturated carbocycles. The fraction of sp³-hybridized carbons (Fsp3) is 1.00. The summed E-state index contributed by atoms with van der Waals surface area (Å²) in [7, 11) is 2.25. The van der Waals surface area contributed by atoms with Gasteiger partial charge in [-0.05, 0) is 52.2 Å². The van der Waals surface area contributed by atoms with Crippen molar-refractivity contribution in [2.45, 2.75) is 37.6 Å². The Morgan fingerprint density at radius 1 is 1.20 bits per heavy atom. The predicted octanol–water partition coefficient (Wildman–Crippen LogP) is 0.895.